The fraction of sp³-hybridized carbons (Fsp3) is 0.647. The fourth-order valence-corrected chi connectivity index (χ4v) is 3.30. The predicted molar refractivity (Wildman–Crippen MR) is 81.9 cm³/mol. The molecule has 1 aromatic rings. The van der Waals surface area contributed by atoms with Crippen LogP contribution in [0.25, 0.3) is 0 Å². The predicted octanol–water partition coefficient (Wildman–Crippen LogP) is 3.58. The van der Waals surface area contributed by atoms with Crippen molar-refractivity contribution in [2.45, 2.75) is 39.2 Å². The van der Waals surface area contributed by atoms with Gasteiger partial charge in [0.1, 0.15) is 5.82 Å². The van der Waals surface area contributed by atoms with Crippen molar-refractivity contribution in [2.24, 2.45) is 17.6 Å². The number of hydrogen-bond donors (Lipinski definition) is 1. The smallest absolute Gasteiger partial charge is 0.123 e. The van der Waals surface area contributed by atoms with Crippen LogP contribution in [-0.4, -0.2) is 24.5 Å². The lowest BCUT2D eigenvalue weighted by Crippen LogP contribution is -2.34. The molecule has 2 N–H and O–H groups in total. The Morgan fingerprint density at radius 2 is 1.90 bits per heavy atom. The lowest BCUT2D eigenvalue weighted by Gasteiger charge is -2.30. The number of benzene rings is 1. The Labute approximate surface area is 122 Å². The summed E-state index contributed by atoms with van der Waals surface area (Å²) in [6, 6.07) is 7.04. The molecule has 2 unspecified atom stereocenters. The number of hydrogen-bond acceptors (Lipinski definition) is 2. The fourth-order valence-electron chi connectivity index (χ4n) is 3.30. The van der Waals surface area contributed by atoms with Crippen molar-refractivity contribution in [2.75, 3.05) is 19.6 Å². The second-order valence-corrected chi connectivity index (χ2v) is 6.27. The first-order chi connectivity index (χ1) is 9.61. The highest BCUT2D eigenvalue weighted by molar-refractivity contribution is 5.20. The Kier molecular flexibility index (Phi) is 5.55. The molecule has 1 aliphatic rings. The molecule has 1 aromatic carbocycles. The molecule has 0 aliphatic carbocycles. The Balaban J connectivity index is 2.06. The molecule has 0 amide bonds. The Morgan fingerprint density at radius 1 is 1.20 bits per heavy atom. The van der Waals surface area contributed by atoms with Crippen LogP contribution in [-0.2, 0) is 0 Å². The van der Waals surface area contributed by atoms with Gasteiger partial charge in [-0.2, -0.15) is 0 Å². The van der Waals surface area contributed by atoms with E-state index in [9.17, 15) is 4.39 Å². The van der Waals surface area contributed by atoms with Gasteiger partial charge in [0.25, 0.3) is 0 Å². The molecule has 0 radical (unpaired) electrons. The molecule has 3 heteroatoms. The average molecular weight is 278 g/mol. The third-order valence-corrected chi connectivity index (χ3v) is 4.67. The van der Waals surface area contributed by atoms with Gasteiger partial charge in [-0.3, -0.25) is 4.90 Å². The van der Waals surface area contributed by atoms with Gasteiger partial charge < -0.3 is 5.73 Å². The van der Waals surface area contributed by atoms with E-state index in [4.69, 9.17) is 5.73 Å². The van der Waals surface area contributed by atoms with Crippen molar-refractivity contribution in [1.29, 1.82) is 0 Å². The van der Waals surface area contributed by atoms with E-state index < -0.39 is 0 Å². The van der Waals surface area contributed by atoms with E-state index in [1.54, 1.807) is 0 Å². The molecule has 1 heterocycles. The van der Waals surface area contributed by atoms with Crippen LogP contribution < -0.4 is 5.73 Å². The van der Waals surface area contributed by atoms with E-state index >= 15 is 0 Å². The summed E-state index contributed by atoms with van der Waals surface area (Å²) in [6.45, 7) is 7.43. The van der Waals surface area contributed by atoms with E-state index in [1.165, 1.54) is 31.4 Å². The lowest BCUT2D eigenvalue weighted by atomic mass is 9.89. The molecule has 2 rings (SSSR count). The van der Waals surface area contributed by atoms with Crippen LogP contribution in [0.15, 0.2) is 24.3 Å². The first-order valence-corrected chi connectivity index (χ1v) is 7.81. The van der Waals surface area contributed by atoms with Crippen LogP contribution >= 0.6 is 0 Å². The minimum absolute atomic E-state index is 0.180. The molecule has 0 bridgehead atoms. The normalized spacial score (nSPS) is 22.8. The topological polar surface area (TPSA) is 29.3 Å². The summed E-state index contributed by atoms with van der Waals surface area (Å²) in [5.41, 5.74) is 7.12. The average Bonchev–Trinajstić information content (AvgIpc) is 2.68. The summed E-state index contributed by atoms with van der Waals surface area (Å²) < 4.78 is 13.1. The number of likely N-dealkylation sites (tertiary alicyclic amines) is 1. The maximum atomic E-state index is 13.1. The molecular formula is C17H27FN2. The monoisotopic (exact) mass is 278 g/mol. The van der Waals surface area contributed by atoms with E-state index in [0.717, 1.165) is 30.5 Å². The summed E-state index contributed by atoms with van der Waals surface area (Å²) >= 11 is 0. The van der Waals surface area contributed by atoms with E-state index in [2.05, 4.69) is 18.7 Å². The highest BCUT2D eigenvalue weighted by atomic mass is 19.1. The van der Waals surface area contributed by atoms with Crippen molar-refractivity contribution >= 4 is 0 Å². The molecule has 1 saturated heterocycles. The molecule has 112 valence electrons. The number of nitrogens with two attached hydrogens (primary N) is 1. The van der Waals surface area contributed by atoms with E-state index in [-0.39, 0.29) is 11.9 Å². The third-order valence-electron chi connectivity index (χ3n) is 4.67. The van der Waals surface area contributed by atoms with Gasteiger partial charge in [-0.05, 0) is 61.9 Å². The largest absolute Gasteiger partial charge is 0.329 e. The lowest BCUT2D eigenvalue weighted by molar-refractivity contribution is 0.204. The SMILES string of the molecule is CC(C)C1CCCN(C(CN)c2ccc(F)cc2)CC1. The third kappa shape index (κ3) is 3.80. The van der Waals surface area contributed by atoms with E-state index in [0.29, 0.717) is 6.54 Å². The van der Waals surface area contributed by atoms with Gasteiger partial charge in [0.2, 0.25) is 0 Å². The molecule has 0 aromatic heterocycles. The summed E-state index contributed by atoms with van der Waals surface area (Å²) in [5, 5.41) is 0. The second-order valence-electron chi connectivity index (χ2n) is 6.27. The molecule has 20 heavy (non-hydrogen) atoms. The van der Waals surface area contributed by atoms with Crippen LogP contribution in [0.2, 0.25) is 0 Å². The van der Waals surface area contributed by atoms with Crippen LogP contribution in [0.4, 0.5) is 4.39 Å². The zero-order valence-corrected chi connectivity index (χ0v) is 12.7. The van der Waals surface area contributed by atoms with Crippen LogP contribution in [0, 0.1) is 17.7 Å². The van der Waals surface area contributed by atoms with Crippen LogP contribution in [0.5, 0.6) is 0 Å². The Morgan fingerprint density at radius 3 is 2.50 bits per heavy atom. The number of halogens is 1. The first-order valence-electron chi connectivity index (χ1n) is 7.81. The molecule has 0 spiro atoms. The highest BCUT2D eigenvalue weighted by Crippen LogP contribution is 2.29. The highest BCUT2D eigenvalue weighted by Gasteiger charge is 2.24. The molecule has 2 nitrogen and oxygen atoms in total. The molecular weight excluding hydrogens is 251 g/mol. The molecule has 1 fully saturated rings. The standard InChI is InChI=1S/C17H27FN2/c1-13(2)14-4-3-10-20(11-9-14)17(12-19)15-5-7-16(18)8-6-15/h5-8,13-14,17H,3-4,9-12,19H2,1-2H3. The van der Waals surface area contributed by atoms with Crippen molar-refractivity contribution in [3.63, 3.8) is 0 Å². The van der Waals surface area contributed by atoms with Gasteiger partial charge in [-0.1, -0.05) is 26.0 Å². The molecule has 0 saturated carbocycles. The number of rotatable bonds is 4. The van der Waals surface area contributed by atoms with Gasteiger partial charge >= 0.3 is 0 Å². The summed E-state index contributed by atoms with van der Waals surface area (Å²) in [6.07, 6.45) is 3.80. The van der Waals surface area contributed by atoms with Crippen molar-refractivity contribution in [3.05, 3.63) is 35.6 Å². The maximum absolute atomic E-state index is 13.1. The summed E-state index contributed by atoms with van der Waals surface area (Å²) in [7, 11) is 0. The quantitative estimate of drug-likeness (QED) is 0.912. The minimum Gasteiger partial charge on any atom is -0.329 e. The number of nitrogens with zero attached hydrogens (tertiary/aromatic N) is 1. The molecule has 2 atom stereocenters. The van der Waals surface area contributed by atoms with Gasteiger partial charge in [0.05, 0.1) is 0 Å². The Hall–Kier alpha value is -0.930. The second kappa shape index (κ2) is 7.19. The molecule has 1 aliphatic heterocycles. The Bertz CT molecular complexity index is 402. The van der Waals surface area contributed by atoms with Gasteiger partial charge in [-0.15, -0.1) is 0 Å². The van der Waals surface area contributed by atoms with Gasteiger partial charge in [0, 0.05) is 12.6 Å². The van der Waals surface area contributed by atoms with Gasteiger partial charge in [-0.25, -0.2) is 4.39 Å². The van der Waals surface area contributed by atoms with Gasteiger partial charge in [0.15, 0.2) is 0 Å². The zero-order chi connectivity index (χ0) is 14.5. The van der Waals surface area contributed by atoms with Crippen molar-refractivity contribution in [1.82, 2.24) is 4.90 Å². The minimum atomic E-state index is -0.180. The summed E-state index contributed by atoms with van der Waals surface area (Å²) in [5.74, 6) is 1.41. The summed E-state index contributed by atoms with van der Waals surface area (Å²) in [4.78, 5) is 2.48. The first kappa shape index (κ1) is 15.5. The van der Waals surface area contributed by atoms with Crippen LogP contribution in [0.1, 0.15) is 44.7 Å². The maximum Gasteiger partial charge on any atom is 0.123 e. The van der Waals surface area contributed by atoms with Crippen molar-refractivity contribution in [3.8, 4) is 0 Å². The van der Waals surface area contributed by atoms with Crippen LogP contribution in [0.3, 0.4) is 0 Å². The van der Waals surface area contributed by atoms with E-state index in [1.807, 2.05) is 12.1 Å². The zero-order valence-electron chi connectivity index (χ0n) is 12.7. The van der Waals surface area contributed by atoms with Crippen molar-refractivity contribution < 1.29 is 4.39 Å².